The number of nitrogens with zero attached hydrogens (tertiary/aromatic N) is 1. The van der Waals surface area contributed by atoms with Gasteiger partial charge < -0.3 is 5.48 Å². The SMILES string of the molecule is C[n+]1c(C#Cc2ccccc2)sc2ccccc21.[OH-].[Ti]. The molecule has 3 rings (SSSR count). The van der Waals surface area contributed by atoms with Gasteiger partial charge in [0.25, 0.3) is 0 Å². The van der Waals surface area contributed by atoms with Crippen LogP contribution in [0.15, 0.2) is 54.6 Å². The minimum absolute atomic E-state index is 0. The zero-order valence-corrected chi connectivity index (χ0v) is 13.4. The number of benzene rings is 2. The van der Waals surface area contributed by atoms with Crippen LogP contribution in [-0.4, -0.2) is 5.48 Å². The Morgan fingerprint density at radius 3 is 2.25 bits per heavy atom. The Bertz CT molecular complexity index is 756. The summed E-state index contributed by atoms with van der Waals surface area (Å²) >= 11 is 1.73. The second kappa shape index (κ2) is 7.37. The number of hydrogen-bond acceptors (Lipinski definition) is 2. The predicted molar refractivity (Wildman–Crippen MR) is 77.4 cm³/mol. The first-order chi connectivity index (χ1) is 8.84. The number of fused-ring (bicyclic) bond motifs is 1. The van der Waals surface area contributed by atoms with Crippen LogP contribution < -0.4 is 4.57 Å². The third kappa shape index (κ3) is 3.36. The van der Waals surface area contributed by atoms with E-state index >= 15 is 0 Å². The number of rotatable bonds is 0. The molecule has 0 aliphatic rings. The molecule has 0 fully saturated rings. The average molecular weight is 315 g/mol. The van der Waals surface area contributed by atoms with Crippen LogP contribution in [0.2, 0.25) is 0 Å². The summed E-state index contributed by atoms with van der Waals surface area (Å²) in [5, 5.41) is 1.08. The van der Waals surface area contributed by atoms with Crippen molar-refractivity contribution in [2.45, 2.75) is 0 Å². The molecule has 4 heteroatoms. The fraction of sp³-hybridized carbons (Fsp3) is 0.0625. The third-order valence-corrected chi connectivity index (χ3v) is 3.96. The normalized spacial score (nSPS) is 9.05. The quantitative estimate of drug-likeness (QED) is 0.357. The molecule has 0 atom stereocenters. The molecule has 0 saturated heterocycles. The van der Waals surface area contributed by atoms with Crippen LogP contribution in [0.3, 0.4) is 0 Å². The summed E-state index contributed by atoms with van der Waals surface area (Å²) in [6.07, 6.45) is 0. The molecule has 20 heavy (non-hydrogen) atoms. The third-order valence-electron chi connectivity index (χ3n) is 2.83. The van der Waals surface area contributed by atoms with Crippen molar-refractivity contribution >= 4 is 21.6 Å². The van der Waals surface area contributed by atoms with Gasteiger partial charge in [0.05, 0.1) is 0 Å². The Kier molecular flexibility index (Phi) is 6.13. The molecule has 1 aromatic heterocycles. The molecule has 0 aliphatic heterocycles. The first-order valence-corrected chi connectivity index (χ1v) is 6.61. The van der Waals surface area contributed by atoms with Crippen LogP contribution in [-0.2, 0) is 28.8 Å². The van der Waals surface area contributed by atoms with E-state index in [0.29, 0.717) is 0 Å². The van der Waals surface area contributed by atoms with E-state index in [9.17, 15) is 0 Å². The van der Waals surface area contributed by atoms with E-state index in [1.165, 1.54) is 10.2 Å². The van der Waals surface area contributed by atoms with E-state index in [0.717, 1.165) is 10.6 Å². The van der Waals surface area contributed by atoms with Gasteiger partial charge in [0.1, 0.15) is 11.7 Å². The molecule has 0 spiro atoms. The van der Waals surface area contributed by atoms with Crippen LogP contribution in [0.25, 0.3) is 10.2 Å². The minimum atomic E-state index is 0. The maximum Gasteiger partial charge on any atom is 0.315 e. The fourth-order valence-electron chi connectivity index (χ4n) is 1.86. The summed E-state index contributed by atoms with van der Waals surface area (Å²) in [6, 6.07) is 18.5. The Hall–Kier alpha value is -1.44. The first-order valence-electron chi connectivity index (χ1n) is 5.79. The van der Waals surface area contributed by atoms with Gasteiger partial charge in [-0.1, -0.05) is 47.6 Å². The van der Waals surface area contributed by atoms with Crippen LogP contribution >= 0.6 is 11.3 Å². The van der Waals surface area contributed by atoms with E-state index < -0.39 is 0 Å². The largest absolute Gasteiger partial charge is 0.870 e. The molecule has 0 amide bonds. The zero-order chi connectivity index (χ0) is 12.4. The van der Waals surface area contributed by atoms with Crippen LogP contribution in [0.1, 0.15) is 10.6 Å². The summed E-state index contributed by atoms with van der Waals surface area (Å²) < 4.78 is 3.42. The Balaban J connectivity index is 0.000001000. The van der Waals surface area contributed by atoms with Gasteiger partial charge in [-0.15, -0.1) is 0 Å². The van der Waals surface area contributed by atoms with Crippen molar-refractivity contribution in [2.24, 2.45) is 7.05 Å². The van der Waals surface area contributed by atoms with Crippen molar-refractivity contribution in [3.8, 4) is 11.8 Å². The number of aryl methyl sites for hydroxylation is 1. The van der Waals surface area contributed by atoms with Gasteiger partial charge in [0.2, 0.25) is 5.52 Å². The minimum Gasteiger partial charge on any atom is -0.870 e. The van der Waals surface area contributed by atoms with E-state index in [1.807, 2.05) is 30.3 Å². The molecular formula is C16H13NOSTi. The maximum absolute atomic E-state index is 3.25. The summed E-state index contributed by atoms with van der Waals surface area (Å²) in [7, 11) is 2.06. The standard InChI is InChI=1S/C16H12NS.H2O.Ti/c1-17-14-9-5-6-10-15(14)18-16(17)12-11-13-7-3-2-4-8-13;;/h2-10H,1H3;1H2;/q+1;;/p-1. The maximum atomic E-state index is 3.25. The van der Waals surface area contributed by atoms with Crippen molar-refractivity contribution in [1.82, 2.24) is 0 Å². The predicted octanol–water partition coefficient (Wildman–Crippen LogP) is 2.95. The summed E-state index contributed by atoms with van der Waals surface area (Å²) in [4.78, 5) is 0. The number of hydrogen-bond donors (Lipinski definition) is 0. The Morgan fingerprint density at radius 2 is 1.55 bits per heavy atom. The summed E-state index contributed by atoms with van der Waals surface area (Å²) in [5.74, 6) is 6.45. The van der Waals surface area contributed by atoms with Gasteiger partial charge in [0, 0.05) is 39.3 Å². The van der Waals surface area contributed by atoms with Crippen molar-refractivity contribution in [2.75, 3.05) is 0 Å². The number of aromatic nitrogens is 1. The monoisotopic (exact) mass is 315 g/mol. The Morgan fingerprint density at radius 1 is 0.900 bits per heavy atom. The molecule has 3 aromatic rings. The second-order valence-corrected chi connectivity index (χ2v) is 5.08. The van der Waals surface area contributed by atoms with E-state index in [2.05, 4.69) is 47.7 Å². The molecule has 1 N–H and O–H groups in total. The molecule has 0 unspecified atom stereocenters. The van der Waals surface area contributed by atoms with Crippen LogP contribution in [0.4, 0.5) is 0 Å². The van der Waals surface area contributed by atoms with Gasteiger partial charge in [-0.25, -0.2) is 0 Å². The second-order valence-electron chi connectivity index (χ2n) is 4.05. The number of thiazole rings is 1. The summed E-state index contributed by atoms with van der Waals surface area (Å²) in [6.45, 7) is 0. The van der Waals surface area contributed by atoms with Crippen molar-refractivity contribution in [3.05, 3.63) is 65.2 Å². The molecule has 2 aromatic carbocycles. The molecule has 2 nitrogen and oxygen atoms in total. The van der Waals surface area contributed by atoms with Gasteiger partial charge >= 0.3 is 5.01 Å². The Labute approximate surface area is 137 Å². The van der Waals surface area contributed by atoms with E-state index in [-0.39, 0.29) is 27.2 Å². The van der Waals surface area contributed by atoms with E-state index in [1.54, 1.807) is 11.3 Å². The smallest absolute Gasteiger partial charge is 0.315 e. The molecule has 98 valence electrons. The van der Waals surface area contributed by atoms with Gasteiger partial charge in [-0.05, 0) is 18.2 Å². The fourth-order valence-corrected chi connectivity index (χ4v) is 2.86. The van der Waals surface area contributed by atoms with Crippen molar-refractivity contribution in [3.63, 3.8) is 0 Å². The molecule has 0 bridgehead atoms. The molecule has 1 heterocycles. The van der Waals surface area contributed by atoms with Crippen molar-refractivity contribution in [1.29, 1.82) is 0 Å². The van der Waals surface area contributed by atoms with Gasteiger partial charge in [0.15, 0.2) is 0 Å². The number of para-hydroxylation sites is 1. The topological polar surface area (TPSA) is 33.9 Å². The van der Waals surface area contributed by atoms with Gasteiger partial charge in [-0.3, -0.25) is 0 Å². The zero-order valence-electron chi connectivity index (χ0n) is 11.0. The van der Waals surface area contributed by atoms with Crippen LogP contribution in [0, 0.1) is 11.8 Å². The molecule has 0 aliphatic carbocycles. The average Bonchev–Trinajstić information content (AvgIpc) is 2.75. The van der Waals surface area contributed by atoms with Gasteiger partial charge in [-0.2, -0.15) is 4.57 Å². The molecule has 0 saturated carbocycles. The molecular weight excluding hydrogens is 302 g/mol. The van der Waals surface area contributed by atoms with Crippen molar-refractivity contribution < 1.29 is 31.8 Å². The molecule has 0 radical (unpaired) electrons. The van der Waals surface area contributed by atoms with Crippen LogP contribution in [0.5, 0.6) is 0 Å². The van der Waals surface area contributed by atoms with E-state index in [4.69, 9.17) is 0 Å². The first kappa shape index (κ1) is 16.6. The summed E-state index contributed by atoms with van der Waals surface area (Å²) in [5.41, 5.74) is 2.29.